The van der Waals surface area contributed by atoms with Crippen LogP contribution in [0, 0.1) is 5.92 Å². The number of nitrogens with one attached hydrogen (secondary N) is 1. The minimum absolute atomic E-state index is 0.622. The van der Waals surface area contributed by atoms with Gasteiger partial charge in [0.1, 0.15) is 0 Å². The van der Waals surface area contributed by atoms with Gasteiger partial charge in [-0.15, -0.1) is 6.58 Å². The first-order valence-electron chi connectivity index (χ1n) is 5.01. The van der Waals surface area contributed by atoms with Gasteiger partial charge in [0.15, 0.2) is 0 Å². The van der Waals surface area contributed by atoms with E-state index in [2.05, 4.69) is 32.7 Å². The largest absolute Gasteiger partial charge is 0.315 e. The van der Waals surface area contributed by atoms with Gasteiger partial charge in [-0.2, -0.15) is 0 Å². The average molecular weight is 169 g/mol. The van der Waals surface area contributed by atoms with Crippen LogP contribution in [0.25, 0.3) is 0 Å². The third kappa shape index (κ3) is 7.80. The Kier molecular flexibility index (Phi) is 7.17. The molecule has 1 nitrogen and oxygen atoms in total. The van der Waals surface area contributed by atoms with Crippen molar-refractivity contribution in [3.8, 4) is 0 Å². The summed E-state index contributed by atoms with van der Waals surface area (Å²) >= 11 is 0. The van der Waals surface area contributed by atoms with E-state index >= 15 is 0 Å². The molecule has 0 saturated carbocycles. The molecule has 0 aliphatic carbocycles. The van der Waals surface area contributed by atoms with Crippen LogP contribution in [0.5, 0.6) is 0 Å². The summed E-state index contributed by atoms with van der Waals surface area (Å²) in [6, 6.07) is 0.622. The van der Waals surface area contributed by atoms with Crippen LogP contribution in [0.3, 0.4) is 0 Å². The highest BCUT2D eigenvalue weighted by atomic mass is 14.9. The Hall–Kier alpha value is -0.300. The fourth-order valence-corrected chi connectivity index (χ4v) is 1.17. The summed E-state index contributed by atoms with van der Waals surface area (Å²) in [5.41, 5.74) is 0. The van der Waals surface area contributed by atoms with Crippen LogP contribution >= 0.6 is 0 Å². The van der Waals surface area contributed by atoms with Gasteiger partial charge in [0.05, 0.1) is 0 Å². The highest BCUT2D eigenvalue weighted by Gasteiger charge is 2.00. The smallest absolute Gasteiger partial charge is 0.00103 e. The second-order valence-corrected chi connectivity index (χ2v) is 3.87. The van der Waals surface area contributed by atoms with Crippen LogP contribution in [0.4, 0.5) is 0 Å². The first-order valence-corrected chi connectivity index (χ1v) is 5.01. The molecular weight excluding hydrogens is 146 g/mol. The van der Waals surface area contributed by atoms with E-state index in [1.807, 2.05) is 6.08 Å². The lowest BCUT2D eigenvalue weighted by atomic mass is 10.0. The van der Waals surface area contributed by atoms with Gasteiger partial charge >= 0.3 is 0 Å². The highest BCUT2D eigenvalue weighted by molar-refractivity contribution is 4.68. The second kappa shape index (κ2) is 7.35. The molecule has 0 saturated heterocycles. The Morgan fingerprint density at radius 2 is 1.92 bits per heavy atom. The molecular formula is C11H23N. The molecule has 1 unspecified atom stereocenters. The fourth-order valence-electron chi connectivity index (χ4n) is 1.17. The van der Waals surface area contributed by atoms with Gasteiger partial charge in [-0.05, 0) is 31.7 Å². The first kappa shape index (κ1) is 11.7. The fraction of sp³-hybridized carbons (Fsp3) is 0.818. The van der Waals surface area contributed by atoms with E-state index in [1.54, 1.807) is 0 Å². The SMILES string of the molecule is C=CCCC(C)CCNC(C)C. The Morgan fingerprint density at radius 3 is 2.42 bits per heavy atom. The molecule has 0 amide bonds. The highest BCUT2D eigenvalue weighted by Crippen LogP contribution is 2.09. The van der Waals surface area contributed by atoms with Gasteiger partial charge in [0.25, 0.3) is 0 Å². The van der Waals surface area contributed by atoms with Crippen molar-refractivity contribution in [1.82, 2.24) is 5.32 Å². The van der Waals surface area contributed by atoms with Gasteiger partial charge in [-0.1, -0.05) is 26.8 Å². The molecule has 1 atom stereocenters. The van der Waals surface area contributed by atoms with Crippen molar-refractivity contribution in [2.45, 2.75) is 46.1 Å². The number of hydrogen-bond donors (Lipinski definition) is 1. The Morgan fingerprint density at radius 1 is 1.25 bits per heavy atom. The van der Waals surface area contributed by atoms with Gasteiger partial charge in [0.2, 0.25) is 0 Å². The molecule has 1 N–H and O–H groups in total. The van der Waals surface area contributed by atoms with Crippen LogP contribution in [0.2, 0.25) is 0 Å². The average Bonchev–Trinajstić information content (AvgIpc) is 2.00. The standard InChI is InChI=1S/C11H23N/c1-5-6-7-11(4)8-9-12-10(2)3/h5,10-12H,1,6-9H2,2-4H3. The minimum atomic E-state index is 0.622. The zero-order valence-electron chi connectivity index (χ0n) is 8.77. The van der Waals surface area contributed by atoms with E-state index < -0.39 is 0 Å². The molecule has 0 aliphatic rings. The zero-order valence-corrected chi connectivity index (χ0v) is 8.77. The van der Waals surface area contributed by atoms with E-state index in [0.717, 1.165) is 18.9 Å². The molecule has 12 heavy (non-hydrogen) atoms. The quantitative estimate of drug-likeness (QED) is 0.578. The molecule has 0 aromatic carbocycles. The summed E-state index contributed by atoms with van der Waals surface area (Å²) < 4.78 is 0. The Bertz CT molecular complexity index is 108. The van der Waals surface area contributed by atoms with E-state index in [4.69, 9.17) is 0 Å². The van der Waals surface area contributed by atoms with Crippen molar-refractivity contribution in [2.24, 2.45) is 5.92 Å². The summed E-state index contributed by atoms with van der Waals surface area (Å²) in [7, 11) is 0. The third-order valence-corrected chi connectivity index (χ3v) is 2.05. The molecule has 0 spiro atoms. The summed E-state index contributed by atoms with van der Waals surface area (Å²) in [6.45, 7) is 11.6. The summed E-state index contributed by atoms with van der Waals surface area (Å²) in [5.74, 6) is 0.828. The van der Waals surface area contributed by atoms with Crippen molar-refractivity contribution in [1.29, 1.82) is 0 Å². The molecule has 0 heterocycles. The topological polar surface area (TPSA) is 12.0 Å². The lowest BCUT2D eigenvalue weighted by Gasteiger charge is -2.12. The van der Waals surface area contributed by atoms with Crippen LogP contribution in [-0.2, 0) is 0 Å². The molecule has 1 heteroatoms. The molecule has 0 aliphatic heterocycles. The maximum atomic E-state index is 3.73. The van der Waals surface area contributed by atoms with Crippen molar-refractivity contribution >= 4 is 0 Å². The molecule has 0 radical (unpaired) electrons. The van der Waals surface area contributed by atoms with E-state index in [1.165, 1.54) is 12.8 Å². The van der Waals surface area contributed by atoms with Crippen LogP contribution < -0.4 is 5.32 Å². The van der Waals surface area contributed by atoms with Crippen molar-refractivity contribution in [2.75, 3.05) is 6.54 Å². The van der Waals surface area contributed by atoms with Crippen molar-refractivity contribution in [3.05, 3.63) is 12.7 Å². The normalized spacial score (nSPS) is 13.3. The number of hydrogen-bond acceptors (Lipinski definition) is 1. The van der Waals surface area contributed by atoms with Crippen LogP contribution in [0.1, 0.15) is 40.0 Å². The van der Waals surface area contributed by atoms with E-state index in [9.17, 15) is 0 Å². The number of rotatable bonds is 7. The maximum absolute atomic E-state index is 3.73. The molecule has 0 bridgehead atoms. The lowest BCUT2D eigenvalue weighted by molar-refractivity contribution is 0.456. The predicted octanol–water partition coefficient (Wildman–Crippen LogP) is 2.98. The third-order valence-electron chi connectivity index (χ3n) is 2.05. The molecule has 0 fully saturated rings. The first-order chi connectivity index (χ1) is 5.66. The van der Waals surface area contributed by atoms with Crippen LogP contribution in [0.15, 0.2) is 12.7 Å². The summed E-state index contributed by atoms with van der Waals surface area (Å²) in [5, 5.41) is 3.43. The monoisotopic (exact) mass is 169 g/mol. The van der Waals surface area contributed by atoms with E-state index in [-0.39, 0.29) is 0 Å². The molecule has 0 aromatic rings. The van der Waals surface area contributed by atoms with Crippen molar-refractivity contribution < 1.29 is 0 Å². The number of allylic oxidation sites excluding steroid dienone is 1. The molecule has 0 rings (SSSR count). The van der Waals surface area contributed by atoms with Gasteiger partial charge in [0, 0.05) is 6.04 Å². The lowest BCUT2D eigenvalue weighted by Crippen LogP contribution is -2.24. The second-order valence-electron chi connectivity index (χ2n) is 3.87. The summed E-state index contributed by atoms with van der Waals surface area (Å²) in [6.07, 6.45) is 5.73. The van der Waals surface area contributed by atoms with Gasteiger partial charge in [-0.25, -0.2) is 0 Å². The minimum Gasteiger partial charge on any atom is -0.315 e. The molecule has 72 valence electrons. The van der Waals surface area contributed by atoms with Crippen LogP contribution in [-0.4, -0.2) is 12.6 Å². The predicted molar refractivity (Wildman–Crippen MR) is 56.4 cm³/mol. The maximum Gasteiger partial charge on any atom is 0.00103 e. The Balaban J connectivity index is 3.18. The zero-order chi connectivity index (χ0) is 9.40. The van der Waals surface area contributed by atoms with E-state index in [0.29, 0.717) is 6.04 Å². The van der Waals surface area contributed by atoms with Gasteiger partial charge in [-0.3, -0.25) is 0 Å². The summed E-state index contributed by atoms with van der Waals surface area (Å²) in [4.78, 5) is 0. The molecule has 0 aromatic heterocycles. The van der Waals surface area contributed by atoms with Crippen molar-refractivity contribution in [3.63, 3.8) is 0 Å². The Labute approximate surface area is 77.2 Å². The van der Waals surface area contributed by atoms with Gasteiger partial charge < -0.3 is 5.32 Å².